The Balaban J connectivity index is 1.57. The molecule has 2 aromatic rings. The molecule has 0 saturated carbocycles. The van der Waals surface area contributed by atoms with Crippen LogP contribution in [-0.4, -0.2) is 30.3 Å². The molecule has 23 heavy (non-hydrogen) atoms. The van der Waals surface area contributed by atoms with Crippen LogP contribution in [0.25, 0.3) is 0 Å². The fourth-order valence-corrected chi connectivity index (χ4v) is 3.23. The lowest BCUT2D eigenvalue weighted by Crippen LogP contribution is -2.29. The van der Waals surface area contributed by atoms with Gasteiger partial charge in [0.25, 0.3) is 0 Å². The van der Waals surface area contributed by atoms with Crippen LogP contribution < -0.4 is 14.8 Å². The average molecular weight is 315 g/mol. The van der Waals surface area contributed by atoms with Crippen molar-refractivity contribution >= 4 is 0 Å². The number of fused-ring (bicyclic) bond motifs is 1. The second-order valence-corrected chi connectivity index (χ2v) is 6.17. The van der Waals surface area contributed by atoms with Crippen LogP contribution in [0.1, 0.15) is 23.4 Å². The van der Waals surface area contributed by atoms with Gasteiger partial charge in [0.05, 0.1) is 14.2 Å². The third-order valence-corrected chi connectivity index (χ3v) is 4.62. The lowest BCUT2D eigenvalue weighted by atomic mass is 9.99. The van der Waals surface area contributed by atoms with Gasteiger partial charge in [0, 0.05) is 31.9 Å². The molecule has 0 fully saturated rings. The van der Waals surface area contributed by atoms with Gasteiger partial charge in [-0.05, 0) is 49.1 Å². The van der Waals surface area contributed by atoms with Crippen molar-refractivity contribution in [1.82, 2.24) is 14.9 Å². The molecule has 1 N–H and O–H groups in total. The Kier molecular flexibility index (Phi) is 4.86. The maximum Gasteiger partial charge on any atom is 0.161 e. The second-order valence-electron chi connectivity index (χ2n) is 6.17. The predicted molar refractivity (Wildman–Crippen MR) is 90.0 cm³/mol. The first-order valence-electron chi connectivity index (χ1n) is 8.13. The molecule has 5 heteroatoms. The van der Waals surface area contributed by atoms with Gasteiger partial charge >= 0.3 is 0 Å². The average Bonchev–Trinajstić information content (AvgIpc) is 3.03. The number of imidazole rings is 1. The summed E-state index contributed by atoms with van der Waals surface area (Å²) in [5, 5.41) is 3.59. The SMILES string of the molecule is COc1cc(C)c(CNC[C@H]2CCc3nccn3C2)cc1OC. The van der Waals surface area contributed by atoms with Crippen molar-refractivity contribution in [3.63, 3.8) is 0 Å². The van der Waals surface area contributed by atoms with E-state index in [9.17, 15) is 0 Å². The highest BCUT2D eigenvalue weighted by Gasteiger charge is 2.18. The summed E-state index contributed by atoms with van der Waals surface area (Å²) in [6, 6.07) is 4.10. The normalized spacial score (nSPS) is 16.9. The Morgan fingerprint density at radius 2 is 2.04 bits per heavy atom. The minimum atomic E-state index is 0.664. The molecule has 3 rings (SSSR count). The van der Waals surface area contributed by atoms with Gasteiger partial charge in [-0.3, -0.25) is 0 Å². The standard InChI is InChI=1S/C18H25N3O2/c1-13-8-16(22-2)17(23-3)9-15(13)11-19-10-14-4-5-18-20-6-7-21(18)12-14/h6-9,14,19H,4-5,10-12H2,1-3H3/t14-/m1/s1. The van der Waals surface area contributed by atoms with Crippen molar-refractivity contribution in [3.8, 4) is 11.5 Å². The van der Waals surface area contributed by atoms with Crippen LogP contribution in [0.2, 0.25) is 0 Å². The van der Waals surface area contributed by atoms with Crippen LogP contribution >= 0.6 is 0 Å². The van der Waals surface area contributed by atoms with Crippen molar-refractivity contribution in [1.29, 1.82) is 0 Å². The van der Waals surface area contributed by atoms with Gasteiger partial charge in [-0.15, -0.1) is 0 Å². The summed E-state index contributed by atoms with van der Waals surface area (Å²) in [6.07, 6.45) is 6.27. The summed E-state index contributed by atoms with van der Waals surface area (Å²) >= 11 is 0. The number of nitrogens with one attached hydrogen (secondary N) is 1. The molecule has 1 aliphatic rings. The first-order chi connectivity index (χ1) is 11.2. The molecule has 1 aromatic heterocycles. The monoisotopic (exact) mass is 315 g/mol. The number of nitrogens with zero attached hydrogens (tertiary/aromatic N) is 2. The molecule has 0 radical (unpaired) electrons. The number of methoxy groups -OCH3 is 2. The fraction of sp³-hybridized carbons (Fsp3) is 0.500. The number of benzene rings is 1. The van der Waals surface area contributed by atoms with E-state index in [0.717, 1.165) is 37.6 Å². The largest absolute Gasteiger partial charge is 0.493 e. The summed E-state index contributed by atoms with van der Waals surface area (Å²) in [4.78, 5) is 4.38. The Labute approximate surface area is 137 Å². The molecule has 0 aliphatic carbocycles. The van der Waals surface area contributed by atoms with Crippen molar-refractivity contribution in [3.05, 3.63) is 41.5 Å². The van der Waals surface area contributed by atoms with E-state index in [1.165, 1.54) is 23.4 Å². The van der Waals surface area contributed by atoms with Crippen LogP contribution in [0.3, 0.4) is 0 Å². The topological polar surface area (TPSA) is 48.3 Å². The van der Waals surface area contributed by atoms with Gasteiger partial charge in [0.15, 0.2) is 11.5 Å². The zero-order valence-corrected chi connectivity index (χ0v) is 14.1. The highest BCUT2D eigenvalue weighted by atomic mass is 16.5. The molecule has 0 amide bonds. The molecule has 1 atom stereocenters. The first-order valence-corrected chi connectivity index (χ1v) is 8.13. The zero-order chi connectivity index (χ0) is 16.2. The number of ether oxygens (including phenoxy) is 2. The van der Waals surface area contributed by atoms with E-state index in [1.807, 2.05) is 12.3 Å². The van der Waals surface area contributed by atoms with Crippen LogP contribution in [-0.2, 0) is 19.5 Å². The van der Waals surface area contributed by atoms with Crippen molar-refractivity contribution in [2.75, 3.05) is 20.8 Å². The molecular formula is C18H25N3O2. The highest BCUT2D eigenvalue weighted by Crippen LogP contribution is 2.30. The maximum atomic E-state index is 5.40. The van der Waals surface area contributed by atoms with E-state index in [2.05, 4.69) is 34.1 Å². The third kappa shape index (κ3) is 3.50. The molecule has 1 aliphatic heterocycles. The quantitative estimate of drug-likeness (QED) is 0.890. The number of aromatic nitrogens is 2. The van der Waals surface area contributed by atoms with E-state index >= 15 is 0 Å². The summed E-state index contributed by atoms with van der Waals surface area (Å²) in [5.41, 5.74) is 2.47. The van der Waals surface area contributed by atoms with E-state index < -0.39 is 0 Å². The molecule has 0 bridgehead atoms. The predicted octanol–water partition coefficient (Wildman–Crippen LogP) is 2.56. The summed E-state index contributed by atoms with van der Waals surface area (Å²) in [6.45, 7) is 5.04. The van der Waals surface area contributed by atoms with Gasteiger partial charge < -0.3 is 19.4 Å². The minimum Gasteiger partial charge on any atom is -0.493 e. The molecule has 0 saturated heterocycles. The Morgan fingerprint density at radius 1 is 1.26 bits per heavy atom. The summed E-state index contributed by atoms with van der Waals surface area (Å²) < 4.78 is 13.0. The van der Waals surface area contributed by atoms with Gasteiger partial charge in [0.1, 0.15) is 5.82 Å². The fourth-order valence-electron chi connectivity index (χ4n) is 3.23. The number of rotatable bonds is 6. The van der Waals surface area contributed by atoms with Crippen LogP contribution in [0.15, 0.2) is 24.5 Å². The number of aryl methyl sites for hydroxylation is 2. The number of hydrogen-bond donors (Lipinski definition) is 1. The summed E-state index contributed by atoms with van der Waals surface area (Å²) in [5.74, 6) is 3.46. The molecule has 1 aromatic carbocycles. The Bertz CT molecular complexity index is 666. The Hall–Kier alpha value is -2.01. The Morgan fingerprint density at radius 3 is 2.83 bits per heavy atom. The molecule has 124 valence electrons. The van der Waals surface area contributed by atoms with Gasteiger partial charge in [0.2, 0.25) is 0 Å². The molecule has 0 spiro atoms. The molecule has 5 nitrogen and oxygen atoms in total. The highest BCUT2D eigenvalue weighted by molar-refractivity contribution is 5.46. The van der Waals surface area contributed by atoms with E-state index in [-0.39, 0.29) is 0 Å². The second kappa shape index (κ2) is 7.04. The molecule has 0 unspecified atom stereocenters. The van der Waals surface area contributed by atoms with E-state index in [1.54, 1.807) is 14.2 Å². The van der Waals surface area contributed by atoms with Crippen LogP contribution in [0.5, 0.6) is 11.5 Å². The lowest BCUT2D eigenvalue weighted by Gasteiger charge is -2.24. The maximum absolute atomic E-state index is 5.40. The van der Waals surface area contributed by atoms with Crippen molar-refractivity contribution < 1.29 is 9.47 Å². The van der Waals surface area contributed by atoms with Crippen molar-refractivity contribution in [2.45, 2.75) is 32.9 Å². The number of hydrogen-bond acceptors (Lipinski definition) is 4. The summed E-state index contributed by atoms with van der Waals surface area (Å²) in [7, 11) is 3.35. The van der Waals surface area contributed by atoms with E-state index in [4.69, 9.17) is 9.47 Å². The van der Waals surface area contributed by atoms with E-state index in [0.29, 0.717) is 5.92 Å². The third-order valence-electron chi connectivity index (χ3n) is 4.62. The van der Waals surface area contributed by atoms with Gasteiger partial charge in [-0.2, -0.15) is 0 Å². The first kappa shape index (κ1) is 15.9. The van der Waals surface area contributed by atoms with Gasteiger partial charge in [-0.25, -0.2) is 4.98 Å². The zero-order valence-electron chi connectivity index (χ0n) is 14.1. The minimum absolute atomic E-state index is 0.664. The molecule has 2 heterocycles. The van der Waals surface area contributed by atoms with Crippen LogP contribution in [0, 0.1) is 12.8 Å². The smallest absolute Gasteiger partial charge is 0.161 e. The van der Waals surface area contributed by atoms with Crippen molar-refractivity contribution in [2.24, 2.45) is 5.92 Å². The molecular weight excluding hydrogens is 290 g/mol. The van der Waals surface area contributed by atoms with Crippen LogP contribution in [0.4, 0.5) is 0 Å². The lowest BCUT2D eigenvalue weighted by molar-refractivity contribution is 0.345. The van der Waals surface area contributed by atoms with Gasteiger partial charge in [-0.1, -0.05) is 0 Å².